The number of amides is 4. The molecular formula is C13H18N2O7. The molecule has 0 aliphatic carbocycles. The van der Waals surface area contributed by atoms with Crippen LogP contribution in [0.2, 0.25) is 0 Å². The minimum absolute atomic E-state index is 0.100. The van der Waals surface area contributed by atoms with Gasteiger partial charge in [0.05, 0.1) is 0 Å². The molecule has 0 aromatic rings. The van der Waals surface area contributed by atoms with Gasteiger partial charge in [0.1, 0.15) is 11.5 Å². The lowest BCUT2D eigenvalue weighted by Gasteiger charge is -2.40. The smallest absolute Gasteiger partial charge is 0.331 e. The van der Waals surface area contributed by atoms with Gasteiger partial charge in [-0.05, 0) is 19.3 Å². The first-order chi connectivity index (χ1) is 10.2. The normalized spacial score (nSPS) is 18.8. The standard InChI is InChI=1S/C13H18N2O7/c1-3-13(4-2)10(20)14-12(22)15(11(13)21)7(9(18)19)5-6-8(16)17/h7H,3-6H2,1-2H3,(H,16,17)(H,18,19)(H,14,20,22). The van der Waals surface area contributed by atoms with Gasteiger partial charge in [0.15, 0.2) is 0 Å². The lowest BCUT2D eigenvalue weighted by molar-refractivity contribution is -0.160. The van der Waals surface area contributed by atoms with Gasteiger partial charge < -0.3 is 10.2 Å². The predicted octanol–water partition coefficient (Wildman–Crippen LogP) is 0.189. The highest BCUT2D eigenvalue weighted by molar-refractivity contribution is 6.20. The molecule has 0 bridgehead atoms. The van der Waals surface area contributed by atoms with Crippen molar-refractivity contribution in [2.45, 2.75) is 45.6 Å². The summed E-state index contributed by atoms with van der Waals surface area (Å²) in [5, 5.41) is 19.9. The Morgan fingerprint density at radius 1 is 1.18 bits per heavy atom. The summed E-state index contributed by atoms with van der Waals surface area (Å²) in [6.07, 6.45) is -0.749. The van der Waals surface area contributed by atoms with Crippen molar-refractivity contribution in [3.8, 4) is 0 Å². The molecule has 1 saturated heterocycles. The fourth-order valence-electron chi connectivity index (χ4n) is 2.48. The zero-order valence-electron chi connectivity index (χ0n) is 12.3. The summed E-state index contributed by atoms with van der Waals surface area (Å²) < 4.78 is 0. The van der Waals surface area contributed by atoms with E-state index in [9.17, 15) is 29.1 Å². The first-order valence-corrected chi connectivity index (χ1v) is 6.85. The highest BCUT2D eigenvalue weighted by atomic mass is 16.4. The van der Waals surface area contributed by atoms with Gasteiger partial charge in [-0.3, -0.25) is 19.7 Å². The maximum atomic E-state index is 12.6. The first-order valence-electron chi connectivity index (χ1n) is 6.85. The van der Waals surface area contributed by atoms with Crippen LogP contribution in [-0.2, 0) is 19.2 Å². The largest absolute Gasteiger partial charge is 0.481 e. The van der Waals surface area contributed by atoms with Crippen LogP contribution in [0.15, 0.2) is 0 Å². The van der Waals surface area contributed by atoms with Crippen LogP contribution in [0.1, 0.15) is 39.5 Å². The number of aliphatic carboxylic acids is 2. The second-order valence-electron chi connectivity index (χ2n) is 5.01. The SMILES string of the molecule is CCC1(CC)C(=O)NC(=O)N(C(CCC(=O)O)C(=O)O)C1=O. The summed E-state index contributed by atoms with van der Waals surface area (Å²) in [6.45, 7) is 3.17. The van der Waals surface area contributed by atoms with Gasteiger partial charge >= 0.3 is 18.0 Å². The molecule has 1 aliphatic heterocycles. The Hall–Kier alpha value is -2.45. The minimum atomic E-state index is -1.63. The molecule has 0 aromatic heterocycles. The number of imide groups is 2. The lowest BCUT2D eigenvalue weighted by atomic mass is 9.78. The van der Waals surface area contributed by atoms with Gasteiger partial charge in [-0.15, -0.1) is 0 Å². The van der Waals surface area contributed by atoms with E-state index >= 15 is 0 Å². The van der Waals surface area contributed by atoms with Crippen molar-refractivity contribution in [3.63, 3.8) is 0 Å². The van der Waals surface area contributed by atoms with E-state index in [0.717, 1.165) is 0 Å². The van der Waals surface area contributed by atoms with E-state index in [0.29, 0.717) is 4.90 Å². The molecule has 1 aliphatic rings. The van der Waals surface area contributed by atoms with E-state index in [2.05, 4.69) is 0 Å². The first kappa shape index (κ1) is 17.6. The Morgan fingerprint density at radius 3 is 2.14 bits per heavy atom. The highest BCUT2D eigenvalue weighted by Gasteiger charge is 2.54. The van der Waals surface area contributed by atoms with E-state index < -0.39 is 54.1 Å². The van der Waals surface area contributed by atoms with Crippen LogP contribution in [0.5, 0.6) is 0 Å². The summed E-state index contributed by atoms with van der Waals surface area (Å²) in [5.41, 5.74) is -1.51. The number of rotatable bonds is 7. The molecule has 0 radical (unpaired) electrons. The lowest BCUT2D eigenvalue weighted by Crippen LogP contribution is -2.67. The van der Waals surface area contributed by atoms with E-state index in [1.54, 1.807) is 13.8 Å². The number of nitrogens with one attached hydrogen (secondary N) is 1. The molecular weight excluding hydrogens is 296 g/mol. The molecule has 3 N–H and O–H groups in total. The van der Waals surface area contributed by atoms with Crippen molar-refractivity contribution < 1.29 is 34.2 Å². The molecule has 1 fully saturated rings. The van der Waals surface area contributed by atoms with Crippen molar-refractivity contribution in [3.05, 3.63) is 0 Å². The van der Waals surface area contributed by atoms with E-state index in [-0.39, 0.29) is 12.8 Å². The van der Waals surface area contributed by atoms with Crippen LogP contribution in [0.3, 0.4) is 0 Å². The average Bonchev–Trinajstić information content (AvgIpc) is 2.43. The number of hydrogen-bond acceptors (Lipinski definition) is 5. The summed E-state index contributed by atoms with van der Waals surface area (Å²) in [6, 6.07) is -2.76. The summed E-state index contributed by atoms with van der Waals surface area (Å²) in [4.78, 5) is 58.8. The Morgan fingerprint density at radius 2 is 1.73 bits per heavy atom. The average molecular weight is 314 g/mol. The minimum Gasteiger partial charge on any atom is -0.481 e. The van der Waals surface area contributed by atoms with Gasteiger partial charge in [-0.2, -0.15) is 0 Å². The Bertz CT molecular complexity index is 524. The molecule has 1 rings (SSSR count). The molecule has 1 atom stereocenters. The number of hydrogen-bond donors (Lipinski definition) is 3. The fourth-order valence-corrected chi connectivity index (χ4v) is 2.48. The zero-order chi connectivity index (χ0) is 17.1. The van der Waals surface area contributed by atoms with E-state index in [1.165, 1.54) is 0 Å². The second-order valence-corrected chi connectivity index (χ2v) is 5.01. The Kier molecular flexibility index (Phi) is 5.23. The highest BCUT2D eigenvalue weighted by Crippen LogP contribution is 2.33. The fraction of sp³-hybridized carbons (Fsp3) is 0.615. The third-order valence-electron chi connectivity index (χ3n) is 3.94. The van der Waals surface area contributed by atoms with Crippen LogP contribution in [-0.4, -0.2) is 50.9 Å². The van der Waals surface area contributed by atoms with Gasteiger partial charge in [-0.1, -0.05) is 13.8 Å². The number of carbonyl (C=O) groups excluding carboxylic acids is 3. The maximum absolute atomic E-state index is 12.6. The van der Waals surface area contributed by atoms with E-state index in [4.69, 9.17) is 5.11 Å². The Balaban J connectivity index is 3.20. The molecule has 0 aromatic carbocycles. The summed E-state index contributed by atoms with van der Waals surface area (Å²) in [7, 11) is 0. The molecule has 1 heterocycles. The molecule has 1 unspecified atom stereocenters. The van der Waals surface area contributed by atoms with Gasteiger partial charge in [0.25, 0.3) is 0 Å². The van der Waals surface area contributed by atoms with Crippen molar-refractivity contribution in [2.75, 3.05) is 0 Å². The number of carboxylic acids is 2. The number of barbiturate groups is 1. The third kappa shape index (κ3) is 2.92. The topological polar surface area (TPSA) is 141 Å². The summed E-state index contributed by atoms with van der Waals surface area (Å²) >= 11 is 0. The number of carboxylic acid groups (broad SMARTS) is 2. The van der Waals surface area contributed by atoms with Crippen LogP contribution >= 0.6 is 0 Å². The van der Waals surface area contributed by atoms with Crippen molar-refractivity contribution in [1.29, 1.82) is 0 Å². The number of nitrogens with zero attached hydrogens (tertiary/aromatic N) is 1. The van der Waals surface area contributed by atoms with Crippen molar-refractivity contribution in [2.24, 2.45) is 5.41 Å². The van der Waals surface area contributed by atoms with Gasteiger partial charge in [-0.25, -0.2) is 14.5 Å². The zero-order valence-corrected chi connectivity index (χ0v) is 12.3. The molecule has 122 valence electrons. The quantitative estimate of drug-likeness (QED) is 0.569. The summed E-state index contributed by atoms with van der Waals surface area (Å²) in [5.74, 6) is -4.40. The molecule has 22 heavy (non-hydrogen) atoms. The van der Waals surface area contributed by atoms with Gasteiger partial charge in [0.2, 0.25) is 11.8 Å². The van der Waals surface area contributed by atoms with E-state index in [1.807, 2.05) is 5.32 Å². The second kappa shape index (κ2) is 6.54. The van der Waals surface area contributed by atoms with Crippen LogP contribution in [0, 0.1) is 5.41 Å². The molecule has 9 heteroatoms. The van der Waals surface area contributed by atoms with Crippen molar-refractivity contribution in [1.82, 2.24) is 10.2 Å². The molecule has 4 amide bonds. The van der Waals surface area contributed by atoms with Crippen molar-refractivity contribution >= 4 is 29.8 Å². The van der Waals surface area contributed by atoms with Crippen LogP contribution < -0.4 is 5.32 Å². The predicted molar refractivity (Wildman–Crippen MR) is 71.7 cm³/mol. The molecule has 0 saturated carbocycles. The number of carbonyl (C=O) groups is 5. The molecule has 9 nitrogen and oxygen atoms in total. The molecule has 0 spiro atoms. The Labute approximate surface area is 126 Å². The number of urea groups is 1. The van der Waals surface area contributed by atoms with Crippen LogP contribution in [0.25, 0.3) is 0 Å². The third-order valence-corrected chi connectivity index (χ3v) is 3.94. The van der Waals surface area contributed by atoms with Gasteiger partial charge in [0, 0.05) is 6.42 Å². The maximum Gasteiger partial charge on any atom is 0.331 e. The van der Waals surface area contributed by atoms with Crippen LogP contribution in [0.4, 0.5) is 4.79 Å². The monoisotopic (exact) mass is 314 g/mol.